The molecule has 1 saturated heterocycles. The second kappa shape index (κ2) is 5.88. The van der Waals surface area contributed by atoms with E-state index in [2.05, 4.69) is 18.7 Å². The molecule has 0 aromatic heterocycles. The first-order valence-corrected chi connectivity index (χ1v) is 7.48. The first kappa shape index (κ1) is 12.9. The Morgan fingerprint density at radius 2 is 2.06 bits per heavy atom. The van der Waals surface area contributed by atoms with Gasteiger partial charge in [0.25, 0.3) is 0 Å². The molecule has 1 saturated carbocycles. The van der Waals surface area contributed by atoms with Gasteiger partial charge in [0.1, 0.15) is 0 Å². The molecular weight excluding hydrogens is 210 g/mol. The molecular formula is C15H27NO. The first-order chi connectivity index (χ1) is 8.20. The van der Waals surface area contributed by atoms with Crippen molar-refractivity contribution in [3.63, 3.8) is 0 Å². The van der Waals surface area contributed by atoms with Crippen LogP contribution in [0.1, 0.15) is 58.8 Å². The van der Waals surface area contributed by atoms with E-state index in [4.69, 9.17) is 0 Å². The lowest BCUT2D eigenvalue weighted by molar-refractivity contribution is -0.135. The van der Waals surface area contributed by atoms with Gasteiger partial charge in [-0.25, -0.2) is 0 Å². The highest BCUT2D eigenvalue weighted by atomic mass is 16.2. The standard InChI is InChI=1S/C15H27NO/c1-3-5-14-11-16(9-8-12(14)2)15(17)10-13-6-4-7-13/h12-14H,3-11H2,1-2H3. The van der Waals surface area contributed by atoms with Crippen LogP contribution in [0.15, 0.2) is 0 Å². The van der Waals surface area contributed by atoms with Crippen molar-refractivity contribution in [1.29, 1.82) is 0 Å². The summed E-state index contributed by atoms with van der Waals surface area (Å²) in [5.41, 5.74) is 0. The predicted molar refractivity (Wildman–Crippen MR) is 70.7 cm³/mol. The molecule has 0 aromatic carbocycles. The van der Waals surface area contributed by atoms with Gasteiger partial charge in [-0.1, -0.05) is 26.7 Å². The molecule has 0 N–H and O–H groups in total. The van der Waals surface area contributed by atoms with Gasteiger partial charge in [-0.3, -0.25) is 4.79 Å². The minimum atomic E-state index is 0.433. The lowest BCUT2D eigenvalue weighted by Crippen LogP contribution is -2.43. The van der Waals surface area contributed by atoms with Gasteiger partial charge < -0.3 is 4.90 Å². The number of carbonyl (C=O) groups excluding carboxylic acids is 1. The smallest absolute Gasteiger partial charge is 0.222 e. The van der Waals surface area contributed by atoms with Gasteiger partial charge in [0.05, 0.1) is 0 Å². The van der Waals surface area contributed by atoms with Crippen molar-refractivity contribution in [3.05, 3.63) is 0 Å². The molecule has 1 aliphatic carbocycles. The van der Waals surface area contributed by atoms with Crippen LogP contribution in [0.25, 0.3) is 0 Å². The third-order valence-corrected chi connectivity index (χ3v) is 4.81. The van der Waals surface area contributed by atoms with Gasteiger partial charge in [0, 0.05) is 19.5 Å². The molecule has 1 aliphatic heterocycles. The average Bonchev–Trinajstić information content (AvgIpc) is 2.26. The highest BCUT2D eigenvalue weighted by Gasteiger charge is 2.30. The minimum absolute atomic E-state index is 0.433. The van der Waals surface area contributed by atoms with E-state index in [-0.39, 0.29) is 0 Å². The van der Waals surface area contributed by atoms with E-state index in [0.717, 1.165) is 31.3 Å². The number of hydrogen-bond acceptors (Lipinski definition) is 1. The second-order valence-corrected chi connectivity index (χ2v) is 6.16. The Labute approximate surface area is 106 Å². The molecule has 2 nitrogen and oxygen atoms in total. The van der Waals surface area contributed by atoms with Crippen LogP contribution >= 0.6 is 0 Å². The van der Waals surface area contributed by atoms with E-state index < -0.39 is 0 Å². The molecule has 2 unspecified atom stereocenters. The number of carbonyl (C=O) groups is 1. The van der Waals surface area contributed by atoms with E-state index in [9.17, 15) is 4.79 Å². The van der Waals surface area contributed by atoms with Crippen LogP contribution in [0.2, 0.25) is 0 Å². The quantitative estimate of drug-likeness (QED) is 0.733. The van der Waals surface area contributed by atoms with Gasteiger partial charge in [0.2, 0.25) is 5.91 Å². The zero-order chi connectivity index (χ0) is 12.3. The van der Waals surface area contributed by atoms with Crippen molar-refractivity contribution in [2.24, 2.45) is 17.8 Å². The highest BCUT2D eigenvalue weighted by molar-refractivity contribution is 5.76. The van der Waals surface area contributed by atoms with Crippen LogP contribution < -0.4 is 0 Å². The average molecular weight is 237 g/mol. The van der Waals surface area contributed by atoms with E-state index in [1.807, 2.05) is 0 Å². The summed E-state index contributed by atoms with van der Waals surface area (Å²) in [7, 11) is 0. The van der Waals surface area contributed by atoms with Gasteiger partial charge >= 0.3 is 0 Å². The van der Waals surface area contributed by atoms with Gasteiger partial charge in [-0.2, -0.15) is 0 Å². The molecule has 0 bridgehead atoms. The van der Waals surface area contributed by atoms with Crippen LogP contribution in [0.5, 0.6) is 0 Å². The van der Waals surface area contributed by atoms with Crippen LogP contribution in [0.4, 0.5) is 0 Å². The molecule has 0 spiro atoms. The minimum Gasteiger partial charge on any atom is -0.342 e. The van der Waals surface area contributed by atoms with Gasteiger partial charge in [0.15, 0.2) is 0 Å². The molecule has 2 atom stereocenters. The van der Waals surface area contributed by atoms with E-state index in [0.29, 0.717) is 11.8 Å². The zero-order valence-electron chi connectivity index (χ0n) is 11.5. The first-order valence-electron chi connectivity index (χ1n) is 7.48. The van der Waals surface area contributed by atoms with Gasteiger partial charge in [-0.15, -0.1) is 0 Å². The van der Waals surface area contributed by atoms with E-state index in [1.165, 1.54) is 38.5 Å². The van der Waals surface area contributed by atoms with Crippen molar-refractivity contribution < 1.29 is 4.79 Å². The Balaban J connectivity index is 1.81. The Kier molecular flexibility index (Phi) is 4.47. The Morgan fingerprint density at radius 3 is 2.65 bits per heavy atom. The van der Waals surface area contributed by atoms with Crippen LogP contribution in [-0.2, 0) is 4.79 Å². The normalized spacial score (nSPS) is 30.1. The van der Waals surface area contributed by atoms with Crippen molar-refractivity contribution >= 4 is 5.91 Å². The summed E-state index contributed by atoms with van der Waals surface area (Å²) < 4.78 is 0. The fourth-order valence-corrected chi connectivity index (χ4v) is 3.20. The topological polar surface area (TPSA) is 20.3 Å². The van der Waals surface area contributed by atoms with E-state index in [1.54, 1.807) is 0 Å². The third-order valence-electron chi connectivity index (χ3n) is 4.81. The molecule has 0 radical (unpaired) electrons. The number of likely N-dealkylation sites (tertiary alicyclic amines) is 1. The molecule has 1 amide bonds. The summed E-state index contributed by atoms with van der Waals surface area (Å²) >= 11 is 0. The van der Waals surface area contributed by atoms with Crippen molar-refractivity contribution in [2.45, 2.75) is 58.8 Å². The van der Waals surface area contributed by atoms with Crippen LogP contribution in [0.3, 0.4) is 0 Å². The fraction of sp³-hybridized carbons (Fsp3) is 0.933. The molecule has 1 heterocycles. The number of hydrogen-bond donors (Lipinski definition) is 0. The van der Waals surface area contributed by atoms with Gasteiger partial charge in [-0.05, 0) is 43.4 Å². The number of nitrogens with zero attached hydrogens (tertiary/aromatic N) is 1. The maximum absolute atomic E-state index is 12.2. The molecule has 17 heavy (non-hydrogen) atoms. The lowest BCUT2D eigenvalue weighted by Gasteiger charge is -2.38. The summed E-state index contributed by atoms with van der Waals surface area (Å²) in [6.45, 7) is 6.64. The van der Waals surface area contributed by atoms with Crippen molar-refractivity contribution in [1.82, 2.24) is 4.90 Å². The number of amides is 1. The monoisotopic (exact) mass is 237 g/mol. The summed E-state index contributed by atoms with van der Waals surface area (Å²) in [5, 5.41) is 0. The molecule has 98 valence electrons. The predicted octanol–water partition coefficient (Wildman–Crippen LogP) is 3.46. The molecule has 2 fully saturated rings. The van der Waals surface area contributed by atoms with E-state index >= 15 is 0 Å². The summed E-state index contributed by atoms with van der Waals surface area (Å²) in [4.78, 5) is 14.3. The summed E-state index contributed by atoms with van der Waals surface area (Å²) in [5.74, 6) is 2.70. The van der Waals surface area contributed by atoms with Crippen LogP contribution in [0, 0.1) is 17.8 Å². The molecule has 2 heteroatoms. The molecule has 2 aliphatic rings. The Morgan fingerprint density at radius 1 is 1.29 bits per heavy atom. The van der Waals surface area contributed by atoms with Crippen molar-refractivity contribution in [3.8, 4) is 0 Å². The number of rotatable bonds is 4. The largest absolute Gasteiger partial charge is 0.342 e. The summed E-state index contributed by atoms with van der Waals surface area (Å²) in [6, 6.07) is 0. The Hall–Kier alpha value is -0.530. The summed E-state index contributed by atoms with van der Waals surface area (Å²) in [6.07, 6.45) is 8.48. The lowest BCUT2D eigenvalue weighted by atomic mass is 9.81. The number of piperidine rings is 1. The highest BCUT2D eigenvalue weighted by Crippen LogP contribution is 2.32. The maximum atomic E-state index is 12.2. The molecule has 2 rings (SSSR count). The maximum Gasteiger partial charge on any atom is 0.222 e. The zero-order valence-corrected chi connectivity index (χ0v) is 11.5. The van der Waals surface area contributed by atoms with Crippen molar-refractivity contribution in [2.75, 3.05) is 13.1 Å². The Bertz CT molecular complexity index is 260. The second-order valence-electron chi connectivity index (χ2n) is 6.16. The fourth-order valence-electron chi connectivity index (χ4n) is 3.20. The third kappa shape index (κ3) is 3.23. The van der Waals surface area contributed by atoms with Crippen LogP contribution in [-0.4, -0.2) is 23.9 Å². The molecule has 0 aromatic rings. The SMILES string of the molecule is CCCC1CN(C(=O)CC2CCC2)CCC1C.